The number of ether oxygens (including phenoxy) is 2. The molecule has 4 nitrogen and oxygen atoms in total. The molecule has 0 spiro atoms. The molecule has 0 bridgehead atoms. The maximum absolute atomic E-state index is 11.7. The molecule has 31 heavy (non-hydrogen) atoms. The summed E-state index contributed by atoms with van der Waals surface area (Å²) in [7, 11) is 0. The van der Waals surface area contributed by atoms with Crippen molar-refractivity contribution in [3.05, 3.63) is 67.7 Å². The lowest BCUT2D eigenvalue weighted by Gasteiger charge is -2.09. The number of hydrogen-bond donors (Lipinski definition) is 0. The molecule has 2 rings (SSSR count). The van der Waals surface area contributed by atoms with Gasteiger partial charge in [-0.05, 0) is 55.7 Å². The first kappa shape index (κ1) is 24.5. The van der Waals surface area contributed by atoms with Gasteiger partial charge in [-0.3, -0.25) is 4.79 Å². The molecule has 0 aliphatic rings. The minimum Gasteiger partial charge on any atom is -0.494 e. The molecule has 0 amide bonds. The van der Waals surface area contributed by atoms with Crippen molar-refractivity contribution in [2.75, 3.05) is 6.61 Å². The Morgan fingerprint density at radius 3 is 2.13 bits per heavy atom. The number of rotatable bonds is 16. The Kier molecular flexibility index (Phi) is 11.3. The van der Waals surface area contributed by atoms with Crippen LogP contribution in [-0.4, -0.2) is 18.7 Å². The van der Waals surface area contributed by atoms with Crippen LogP contribution in [-0.2, 0) is 9.53 Å². The summed E-state index contributed by atoms with van der Waals surface area (Å²) in [5.74, 6) is 1.66. The molecule has 0 aliphatic carbocycles. The molecule has 0 fully saturated rings. The Morgan fingerprint density at radius 1 is 0.935 bits per heavy atom. The van der Waals surface area contributed by atoms with Crippen LogP contribution in [0.2, 0.25) is 0 Å². The number of carbonyl (C=O) groups is 1. The normalized spacial score (nSPS) is 10.8. The summed E-state index contributed by atoms with van der Waals surface area (Å²) in [5, 5.41) is 0. The Bertz CT molecular complexity index is 780. The SMILES string of the molecule is C=CC(C=C)OC(=O)CCCCCCCCCCOc1ccc(-c2coc(C)c2)cc1. The van der Waals surface area contributed by atoms with E-state index in [0.29, 0.717) is 6.42 Å². The summed E-state index contributed by atoms with van der Waals surface area (Å²) in [5.41, 5.74) is 2.23. The van der Waals surface area contributed by atoms with Crippen LogP contribution < -0.4 is 4.74 Å². The highest BCUT2D eigenvalue weighted by atomic mass is 16.5. The molecule has 168 valence electrons. The first-order valence-electron chi connectivity index (χ1n) is 11.4. The zero-order chi connectivity index (χ0) is 22.3. The van der Waals surface area contributed by atoms with Gasteiger partial charge in [-0.25, -0.2) is 0 Å². The second kappa shape index (κ2) is 14.3. The first-order chi connectivity index (χ1) is 15.1. The second-order valence-corrected chi connectivity index (χ2v) is 7.82. The predicted molar refractivity (Wildman–Crippen MR) is 126 cm³/mol. The molecule has 0 atom stereocenters. The third-order valence-electron chi connectivity index (χ3n) is 5.19. The van der Waals surface area contributed by atoms with Gasteiger partial charge in [0.1, 0.15) is 17.6 Å². The van der Waals surface area contributed by atoms with Gasteiger partial charge in [-0.15, -0.1) is 0 Å². The maximum Gasteiger partial charge on any atom is 0.306 e. The van der Waals surface area contributed by atoms with Crippen LogP contribution in [0.4, 0.5) is 0 Å². The molecule has 0 saturated heterocycles. The van der Waals surface area contributed by atoms with Gasteiger partial charge in [-0.1, -0.05) is 63.8 Å². The fraction of sp³-hybridized carbons (Fsp3) is 0.444. The van der Waals surface area contributed by atoms with Gasteiger partial charge in [-0.2, -0.15) is 0 Å². The average molecular weight is 425 g/mol. The van der Waals surface area contributed by atoms with Crippen LogP contribution in [0.15, 0.2) is 66.3 Å². The van der Waals surface area contributed by atoms with Crippen molar-refractivity contribution < 1.29 is 18.7 Å². The molecule has 1 aromatic carbocycles. The summed E-state index contributed by atoms with van der Waals surface area (Å²) < 4.78 is 16.4. The van der Waals surface area contributed by atoms with Crippen LogP contribution in [0.1, 0.15) is 63.5 Å². The summed E-state index contributed by atoms with van der Waals surface area (Å²) in [6, 6.07) is 10.2. The fourth-order valence-electron chi connectivity index (χ4n) is 3.36. The van der Waals surface area contributed by atoms with Crippen molar-refractivity contribution in [1.82, 2.24) is 0 Å². The van der Waals surface area contributed by atoms with Crippen LogP contribution in [0.25, 0.3) is 11.1 Å². The van der Waals surface area contributed by atoms with E-state index in [9.17, 15) is 4.79 Å². The topological polar surface area (TPSA) is 48.7 Å². The van der Waals surface area contributed by atoms with Gasteiger partial charge < -0.3 is 13.9 Å². The number of esters is 1. The summed E-state index contributed by atoms with van der Waals surface area (Å²) in [6.07, 6.45) is 14.1. The molecule has 1 heterocycles. The lowest BCUT2D eigenvalue weighted by atomic mass is 10.1. The minimum absolute atomic E-state index is 0.170. The van der Waals surface area contributed by atoms with Crippen molar-refractivity contribution in [2.24, 2.45) is 0 Å². The lowest BCUT2D eigenvalue weighted by molar-refractivity contribution is -0.145. The molecular formula is C27H36O4. The summed E-state index contributed by atoms with van der Waals surface area (Å²) in [4.78, 5) is 11.7. The highest BCUT2D eigenvalue weighted by Crippen LogP contribution is 2.24. The number of unbranched alkanes of at least 4 members (excludes halogenated alkanes) is 7. The molecule has 0 N–H and O–H groups in total. The van der Waals surface area contributed by atoms with E-state index in [1.165, 1.54) is 32.1 Å². The van der Waals surface area contributed by atoms with Crippen LogP contribution in [0, 0.1) is 6.92 Å². The van der Waals surface area contributed by atoms with Gasteiger partial charge in [0.2, 0.25) is 0 Å². The van der Waals surface area contributed by atoms with Crippen LogP contribution in [0.3, 0.4) is 0 Å². The van der Waals surface area contributed by atoms with Gasteiger partial charge in [0.25, 0.3) is 0 Å². The molecule has 1 aromatic heterocycles. The van der Waals surface area contributed by atoms with Gasteiger partial charge in [0.05, 0.1) is 12.9 Å². The molecule has 0 aliphatic heterocycles. The van der Waals surface area contributed by atoms with E-state index in [1.54, 1.807) is 18.4 Å². The lowest BCUT2D eigenvalue weighted by Crippen LogP contribution is -2.12. The number of hydrogen-bond acceptors (Lipinski definition) is 4. The Hall–Kier alpha value is -2.75. The Labute approximate surface area is 186 Å². The van der Waals surface area contributed by atoms with Crippen LogP contribution >= 0.6 is 0 Å². The average Bonchev–Trinajstić information content (AvgIpc) is 3.22. The highest BCUT2D eigenvalue weighted by Gasteiger charge is 2.07. The van der Waals surface area contributed by atoms with E-state index < -0.39 is 0 Å². The first-order valence-corrected chi connectivity index (χ1v) is 11.4. The van der Waals surface area contributed by atoms with Gasteiger partial charge in [0, 0.05) is 12.0 Å². The highest BCUT2D eigenvalue weighted by molar-refractivity contribution is 5.69. The van der Waals surface area contributed by atoms with E-state index >= 15 is 0 Å². The molecule has 2 aromatic rings. The Balaban J connectivity index is 1.43. The van der Waals surface area contributed by atoms with Crippen molar-refractivity contribution in [1.29, 1.82) is 0 Å². The van der Waals surface area contributed by atoms with Crippen molar-refractivity contribution >= 4 is 5.97 Å². The third-order valence-corrected chi connectivity index (χ3v) is 5.19. The third kappa shape index (κ3) is 9.73. The number of furan rings is 1. The number of benzene rings is 1. The van der Waals surface area contributed by atoms with Crippen molar-refractivity contribution in [3.8, 4) is 16.9 Å². The summed E-state index contributed by atoms with van der Waals surface area (Å²) in [6.45, 7) is 9.93. The van der Waals surface area contributed by atoms with E-state index in [2.05, 4.69) is 25.3 Å². The molecular weight excluding hydrogens is 388 g/mol. The van der Waals surface area contributed by atoms with Crippen molar-refractivity contribution in [3.63, 3.8) is 0 Å². The molecule has 0 radical (unpaired) electrons. The largest absolute Gasteiger partial charge is 0.494 e. The standard InChI is InChI=1S/C27H36O4/c1-4-25(5-2)31-27(28)14-12-10-8-6-7-9-11-13-19-29-26-17-15-23(16-18-26)24-20-22(3)30-21-24/h4-5,15-18,20-21,25H,1-2,6-14,19H2,3H3. The Morgan fingerprint density at radius 2 is 1.55 bits per heavy atom. The maximum atomic E-state index is 11.7. The second-order valence-electron chi connectivity index (χ2n) is 7.82. The zero-order valence-electron chi connectivity index (χ0n) is 18.8. The van der Waals surface area contributed by atoms with E-state index in [0.717, 1.165) is 48.5 Å². The molecule has 0 unspecified atom stereocenters. The zero-order valence-corrected chi connectivity index (χ0v) is 18.8. The van der Waals surface area contributed by atoms with E-state index in [4.69, 9.17) is 13.9 Å². The quantitative estimate of drug-likeness (QED) is 0.160. The minimum atomic E-state index is -0.373. The smallest absolute Gasteiger partial charge is 0.306 e. The van der Waals surface area contributed by atoms with Crippen LogP contribution in [0.5, 0.6) is 5.75 Å². The molecule has 4 heteroatoms. The number of aryl methyl sites for hydroxylation is 1. The van der Waals surface area contributed by atoms with E-state index in [1.807, 2.05) is 25.1 Å². The van der Waals surface area contributed by atoms with E-state index in [-0.39, 0.29) is 12.1 Å². The fourth-order valence-corrected chi connectivity index (χ4v) is 3.36. The molecule has 0 saturated carbocycles. The van der Waals surface area contributed by atoms with Crippen molar-refractivity contribution in [2.45, 2.75) is 70.8 Å². The summed E-state index contributed by atoms with van der Waals surface area (Å²) >= 11 is 0. The number of carbonyl (C=O) groups excluding carboxylic acids is 1. The predicted octanol–water partition coefficient (Wildman–Crippen LogP) is 7.43. The monoisotopic (exact) mass is 424 g/mol. The van der Waals surface area contributed by atoms with Gasteiger partial charge in [0.15, 0.2) is 0 Å². The van der Waals surface area contributed by atoms with Gasteiger partial charge >= 0.3 is 5.97 Å².